The van der Waals surface area contributed by atoms with Gasteiger partial charge >= 0.3 is 6.18 Å². The van der Waals surface area contributed by atoms with Crippen LogP contribution in [-0.4, -0.2) is 47.5 Å². The van der Waals surface area contributed by atoms with Crippen molar-refractivity contribution in [3.05, 3.63) is 29.3 Å². The van der Waals surface area contributed by atoms with Crippen LogP contribution in [0.2, 0.25) is 5.02 Å². The predicted molar refractivity (Wildman–Crippen MR) is 71.9 cm³/mol. The van der Waals surface area contributed by atoms with Crippen molar-refractivity contribution in [2.24, 2.45) is 0 Å². The molecule has 1 aromatic rings. The molecule has 0 spiro atoms. The number of aliphatic hydroxyl groups excluding tert-OH is 1. The molecule has 0 atom stereocenters. The lowest BCUT2D eigenvalue weighted by atomic mass is 10.4. The molecule has 1 rings (SSSR count). The zero-order valence-corrected chi connectivity index (χ0v) is 11.9. The van der Waals surface area contributed by atoms with E-state index in [0.29, 0.717) is 9.92 Å². The van der Waals surface area contributed by atoms with E-state index in [0.717, 1.165) is 16.7 Å². The van der Waals surface area contributed by atoms with Gasteiger partial charge in [-0.25, -0.2) is 0 Å². The highest BCUT2D eigenvalue weighted by Gasteiger charge is 2.32. The van der Waals surface area contributed by atoms with E-state index in [4.69, 9.17) is 16.7 Å². The Hall–Kier alpha value is -0.920. The van der Waals surface area contributed by atoms with Crippen molar-refractivity contribution in [3.63, 3.8) is 0 Å². The van der Waals surface area contributed by atoms with E-state index < -0.39 is 25.2 Å². The second-order valence-corrected chi connectivity index (χ2v) is 5.38. The van der Waals surface area contributed by atoms with E-state index in [2.05, 4.69) is 0 Å². The second-order valence-electron chi connectivity index (χ2n) is 3.90. The third kappa shape index (κ3) is 6.49. The summed E-state index contributed by atoms with van der Waals surface area (Å²) in [5, 5.41) is 9.26. The molecule has 0 aliphatic rings. The summed E-state index contributed by atoms with van der Waals surface area (Å²) in [7, 11) is 0. The van der Waals surface area contributed by atoms with E-state index >= 15 is 0 Å². The van der Waals surface area contributed by atoms with E-state index in [9.17, 15) is 18.0 Å². The van der Waals surface area contributed by atoms with Crippen LogP contribution in [0.3, 0.4) is 0 Å². The van der Waals surface area contributed by atoms with E-state index in [1.807, 2.05) is 0 Å². The number of nitrogens with zero attached hydrogens (tertiary/aromatic N) is 1. The molecule has 1 aromatic carbocycles. The highest BCUT2D eigenvalue weighted by molar-refractivity contribution is 8.00. The average molecular weight is 328 g/mol. The summed E-state index contributed by atoms with van der Waals surface area (Å²) in [5.41, 5.74) is 0. The fourth-order valence-corrected chi connectivity index (χ4v) is 2.32. The molecule has 0 heterocycles. The number of carbonyl (C=O) groups excluding carboxylic acids is 1. The summed E-state index contributed by atoms with van der Waals surface area (Å²) in [4.78, 5) is 13.1. The lowest BCUT2D eigenvalue weighted by molar-refractivity contribution is -0.160. The molecule has 8 heteroatoms. The number of hydrogen-bond donors (Lipinski definition) is 1. The molecule has 112 valence electrons. The van der Waals surface area contributed by atoms with Gasteiger partial charge in [0.1, 0.15) is 6.54 Å². The van der Waals surface area contributed by atoms with E-state index in [1.165, 1.54) is 0 Å². The van der Waals surface area contributed by atoms with E-state index in [1.54, 1.807) is 24.3 Å². The number of alkyl halides is 3. The van der Waals surface area contributed by atoms with Crippen molar-refractivity contribution in [2.45, 2.75) is 11.1 Å². The smallest absolute Gasteiger partial charge is 0.395 e. The Morgan fingerprint density at radius 1 is 1.30 bits per heavy atom. The Morgan fingerprint density at radius 3 is 2.40 bits per heavy atom. The molecule has 0 saturated heterocycles. The number of thioether (sulfide) groups is 1. The van der Waals surface area contributed by atoms with Crippen molar-refractivity contribution in [1.29, 1.82) is 0 Å². The molecular weight excluding hydrogens is 315 g/mol. The maximum Gasteiger partial charge on any atom is 0.406 e. The lowest BCUT2D eigenvalue weighted by Crippen LogP contribution is -2.41. The van der Waals surface area contributed by atoms with Crippen LogP contribution in [0.4, 0.5) is 13.2 Å². The Labute approximate surface area is 123 Å². The molecule has 0 fully saturated rings. The van der Waals surface area contributed by atoms with Gasteiger partial charge in [-0.05, 0) is 24.3 Å². The highest BCUT2D eigenvalue weighted by Crippen LogP contribution is 2.22. The molecule has 0 unspecified atom stereocenters. The Kier molecular flexibility index (Phi) is 6.64. The summed E-state index contributed by atoms with van der Waals surface area (Å²) >= 11 is 6.82. The van der Waals surface area contributed by atoms with Gasteiger partial charge in [-0.1, -0.05) is 11.6 Å². The predicted octanol–water partition coefficient (Wildman–Crippen LogP) is 2.82. The van der Waals surface area contributed by atoms with Crippen molar-refractivity contribution < 1.29 is 23.1 Å². The average Bonchev–Trinajstić information content (AvgIpc) is 2.35. The number of hydrogen-bond acceptors (Lipinski definition) is 3. The summed E-state index contributed by atoms with van der Waals surface area (Å²) in [6, 6.07) is 6.63. The van der Waals surface area contributed by atoms with Crippen LogP contribution >= 0.6 is 23.4 Å². The van der Waals surface area contributed by atoms with Gasteiger partial charge in [0.25, 0.3) is 0 Å². The summed E-state index contributed by atoms with van der Waals surface area (Å²) < 4.78 is 36.9. The van der Waals surface area contributed by atoms with Crippen molar-refractivity contribution >= 4 is 29.3 Å². The molecule has 1 N–H and O–H groups in total. The minimum absolute atomic E-state index is 0.127. The van der Waals surface area contributed by atoms with Crippen LogP contribution in [0, 0.1) is 0 Å². The first kappa shape index (κ1) is 17.1. The Morgan fingerprint density at radius 2 is 1.90 bits per heavy atom. The SMILES string of the molecule is O=C(CSc1ccc(Cl)cc1)N(CCO)CC(F)(F)F. The van der Waals surface area contributed by atoms with Crippen LogP contribution in [0.5, 0.6) is 0 Å². The van der Waals surface area contributed by atoms with Crippen LogP contribution in [0.25, 0.3) is 0 Å². The van der Waals surface area contributed by atoms with Gasteiger partial charge in [0.05, 0.1) is 12.4 Å². The van der Waals surface area contributed by atoms with Crippen molar-refractivity contribution in [2.75, 3.05) is 25.4 Å². The van der Waals surface area contributed by atoms with Crippen LogP contribution < -0.4 is 0 Å². The number of carbonyl (C=O) groups is 1. The molecule has 0 bridgehead atoms. The fraction of sp³-hybridized carbons (Fsp3) is 0.417. The van der Waals surface area contributed by atoms with Gasteiger partial charge in [0, 0.05) is 16.5 Å². The number of aliphatic hydroxyl groups is 1. The number of benzene rings is 1. The zero-order valence-electron chi connectivity index (χ0n) is 10.4. The van der Waals surface area contributed by atoms with Gasteiger partial charge in [0.2, 0.25) is 5.91 Å². The molecule has 0 saturated carbocycles. The monoisotopic (exact) mass is 327 g/mol. The van der Waals surface area contributed by atoms with Crippen molar-refractivity contribution in [1.82, 2.24) is 4.90 Å². The molecule has 1 amide bonds. The number of amides is 1. The topological polar surface area (TPSA) is 40.5 Å². The maximum absolute atomic E-state index is 12.3. The van der Waals surface area contributed by atoms with Crippen LogP contribution in [0.1, 0.15) is 0 Å². The molecule has 0 aromatic heterocycles. The molecule has 0 radical (unpaired) electrons. The molecule has 0 aliphatic carbocycles. The Balaban J connectivity index is 2.55. The van der Waals surface area contributed by atoms with E-state index in [-0.39, 0.29) is 12.3 Å². The molecule has 0 aliphatic heterocycles. The van der Waals surface area contributed by atoms with Gasteiger partial charge in [-0.15, -0.1) is 11.8 Å². The van der Waals surface area contributed by atoms with Gasteiger partial charge in [-0.2, -0.15) is 13.2 Å². The molecular formula is C12H13ClF3NO2S. The zero-order chi connectivity index (χ0) is 15.2. The Bertz CT molecular complexity index is 439. The first-order chi connectivity index (χ1) is 9.31. The third-order valence-corrected chi connectivity index (χ3v) is 3.52. The lowest BCUT2D eigenvalue weighted by Gasteiger charge is -2.22. The summed E-state index contributed by atoms with van der Waals surface area (Å²) in [6.45, 7) is -2.19. The third-order valence-electron chi connectivity index (χ3n) is 2.27. The van der Waals surface area contributed by atoms with Gasteiger partial charge in [-0.3, -0.25) is 4.79 Å². The second kappa shape index (κ2) is 7.75. The molecule has 20 heavy (non-hydrogen) atoms. The summed E-state index contributed by atoms with van der Waals surface area (Å²) in [5.74, 6) is -0.797. The maximum atomic E-state index is 12.3. The first-order valence-corrected chi connectivity index (χ1v) is 7.02. The normalized spacial score (nSPS) is 11.4. The molecule has 3 nitrogen and oxygen atoms in total. The summed E-state index contributed by atoms with van der Waals surface area (Å²) in [6.07, 6.45) is -4.48. The standard InChI is InChI=1S/C12H13ClF3NO2S/c13-9-1-3-10(4-2-9)20-7-11(19)17(5-6-18)8-12(14,15)16/h1-4,18H,5-8H2. The number of halogens is 4. The van der Waals surface area contributed by atoms with Gasteiger partial charge in [0.15, 0.2) is 0 Å². The van der Waals surface area contributed by atoms with Crippen molar-refractivity contribution in [3.8, 4) is 0 Å². The number of rotatable bonds is 6. The minimum Gasteiger partial charge on any atom is -0.395 e. The first-order valence-electron chi connectivity index (χ1n) is 5.65. The fourth-order valence-electron chi connectivity index (χ4n) is 1.40. The van der Waals surface area contributed by atoms with Crippen LogP contribution in [0.15, 0.2) is 29.2 Å². The highest BCUT2D eigenvalue weighted by atomic mass is 35.5. The minimum atomic E-state index is -4.48. The largest absolute Gasteiger partial charge is 0.406 e. The quantitative estimate of drug-likeness (QED) is 0.817. The van der Waals surface area contributed by atoms with Crippen LogP contribution in [-0.2, 0) is 4.79 Å². The van der Waals surface area contributed by atoms with Gasteiger partial charge < -0.3 is 10.0 Å².